The molecule has 1 saturated carbocycles. The Balaban J connectivity index is 1.46. The van der Waals surface area contributed by atoms with Gasteiger partial charge >= 0.3 is 12.2 Å². The molecule has 6 rings (SSSR count). The maximum Gasteiger partial charge on any atom is 0.412 e. The molecule has 67 heavy (non-hydrogen) atoms. The second-order valence-electron chi connectivity index (χ2n) is 18.4. The molecule has 0 aromatic heterocycles. The molecule has 2 aliphatic carbocycles. The summed E-state index contributed by atoms with van der Waals surface area (Å²) in [4.78, 5) is 35.4. The Labute approximate surface area is 399 Å². The summed E-state index contributed by atoms with van der Waals surface area (Å²) in [7, 11) is 1.54. The van der Waals surface area contributed by atoms with Crippen LogP contribution in [0.3, 0.4) is 0 Å². The Morgan fingerprint density at radius 3 is 2.33 bits per heavy atom. The van der Waals surface area contributed by atoms with Crippen molar-refractivity contribution in [3.63, 3.8) is 0 Å². The lowest BCUT2D eigenvalue weighted by molar-refractivity contribution is -0.256. The third-order valence-corrected chi connectivity index (χ3v) is 13.9. The number of allylic oxidation sites excluding steroid dienone is 1. The zero-order valence-electron chi connectivity index (χ0n) is 40.4. The van der Waals surface area contributed by atoms with Crippen molar-refractivity contribution in [3.05, 3.63) is 96.1 Å². The number of hydrogen-bond donors (Lipinski definition) is 3. The maximum absolute atomic E-state index is 15.1. The van der Waals surface area contributed by atoms with Gasteiger partial charge in [-0.2, -0.15) is 0 Å². The number of hydrogen-bond acceptors (Lipinski definition) is 10. The fourth-order valence-corrected chi connectivity index (χ4v) is 10.9. The van der Waals surface area contributed by atoms with E-state index < -0.39 is 29.9 Å². The van der Waals surface area contributed by atoms with Crippen LogP contribution in [0.4, 0.5) is 9.59 Å². The summed E-state index contributed by atoms with van der Waals surface area (Å²) in [6.45, 7) is 9.36. The van der Waals surface area contributed by atoms with E-state index in [2.05, 4.69) is 49.2 Å². The molecule has 366 valence electrons. The Morgan fingerprint density at radius 1 is 0.896 bits per heavy atom. The highest BCUT2D eigenvalue weighted by atomic mass is 16.7. The molecule has 1 aliphatic heterocycles. The van der Waals surface area contributed by atoms with Gasteiger partial charge in [0.05, 0.1) is 31.4 Å². The molecular formula is C55H77N3O9. The Bertz CT molecular complexity index is 2100. The number of carbonyl (C=O) groups is 2. The van der Waals surface area contributed by atoms with E-state index in [4.69, 9.17) is 28.9 Å². The molecule has 0 spiro atoms. The molecule has 0 bridgehead atoms. The first-order valence-corrected chi connectivity index (χ1v) is 25.3. The number of benzene rings is 3. The quantitative estimate of drug-likeness (QED) is 0.0368. The van der Waals surface area contributed by atoms with Crippen LogP contribution in [0, 0.1) is 17.8 Å². The Hall–Kier alpha value is -4.91. The molecule has 1 heterocycles. The fraction of sp³-hybridized carbons (Fsp3) is 0.582. The summed E-state index contributed by atoms with van der Waals surface area (Å²) >= 11 is 0. The lowest BCUT2D eigenvalue weighted by Gasteiger charge is -2.59. The van der Waals surface area contributed by atoms with Gasteiger partial charge in [0.25, 0.3) is 0 Å². The zero-order valence-corrected chi connectivity index (χ0v) is 40.4. The molecule has 3 aromatic carbocycles. The standard InChI is InChI=1S/C55H77N3O9/c1-5-8-9-10-11-12-13-14-15-22-35-64-54(62)58(39-42-27-23-26-40-24-16-17-28-44(40)42)50-38-48(57-63-4)46-36-41(25-18-20-32-59)45(29-19-21-33-60)51-47-37-43(66-53(61)56-7-3)30-31-49(47)67-55(50,52(46)51)65-34-6-2/h6,16-17,23-24,26-28,30-31,36-37,41,45,50-52,59-60H,2,5,7-15,18-22,25,29,32-35,38-39H2,1,3-4H3,(H,56,61)/t41-,45+,50-,51+,52+,55+/m0/s1. The van der Waals surface area contributed by atoms with Gasteiger partial charge in [0.15, 0.2) is 0 Å². The highest BCUT2D eigenvalue weighted by Gasteiger charge is 2.65. The minimum Gasteiger partial charge on any atom is -0.459 e. The molecule has 0 radical (unpaired) electrons. The monoisotopic (exact) mass is 924 g/mol. The lowest BCUT2D eigenvalue weighted by atomic mass is 9.55. The molecule has 0 unspecified atom stereocenters. The van der Waals surface area contributed by atoms with E-state index in [0.29, 0.717) is 36.6 Å². The number of nitrogens with zero attached hydrogens (tertiary/aromatic N) is 2. The van der Waals surface area contributed by atoms with E-state index >= 15 is 4.79 Å². The molecule has 0 saturated heterocycles. The molecule has 6 atom stereocenters. The van der Waals surface area contributed by atoms with Gasteiger partial charge in [-0.25, -0.2) is 9.59 Å². The van der Waals surface area contributed by atoms with Crippen LogP contribution < -0.4 is 14.8 Å². The zero-order chi connectivity index (χ0) is 47.4. The van der Waals surface area contributed by atoms with Crippen LogP contribution in [0.2, 0.25) is 0 Å². The topological polar surface area (TPSA) is 148 Å². The number of aliphatic hydroxyl groups excluding tert-OH is 2. The minimum absolute atomic E-state index is 0.00502. The number of fused-ring (bicyclic) bond motifs is 3. The van der Waals surface area contributed by atoms with E-state index in [9.17, 15) is 15.0 Å². The summed E-state index contributed by atoms with van der Waals surface area (Å²) in [6.07, 6.45) is 19.4. The molecule has 3 aliphatic rings. The predicted octanol–water partition coefficient (Wildman–Crippen LogP) is 11.8. The van der Waals surface area contributed by atoms with Crippen molar-refractivity contribution in [1.82, 2.24) is 10.2 Å². The van der Waals surface area contributed by atoms with Crippen molar-refractivity contribution < 1.29 is 43.6 Å². The van der Waals surface area contributed by atoms with Gasteiger partial charge in [-0.3, -0.25) is 4.90 Å². The first-order valence-electron chi connectivity index (χ1n) is 25.3. The van der Waals surface area contributed by atoms with E-state index in [-0.39, 0.29) is 57.1 Å². The number of ether oxygens (including phenoxy) is 4. The first kappa shape index (κ1) is 51.5. The number of amides is 2. The fourth-order valence-electron chi connectivity index (χ4n) is 10.9. The third kappa shape index (κ3) is 13.0. The predicted molar refractivity (Wildman–Crippen MR) is 264 cm³/mol. The van der Waals surface area contributed by atoms with Crippen molar-refractivity contribution in [3.8, 4) is 11.5 Å². The summed E-state index contributed by atoms with van der Waals surface area (Å²) in [5.41, 5.74) is 3.42. The molecule has 3 N–H and O–H groups in total. The van der Waals surface area contributed by atoms with Gasteiger partial charge in [0, 0.05) is 37.7 Å². The lowest BCUT2D eigenvalue weighted by Crippen LogP contribution is -2.70. The van der Waals surface area contributed by atoms with Gasteiger partial charge in [-0.15, -0.1) is 6.58 Å². The highest BCUT2D eigenvalue weighted by Crippen LogP contribution is 2.62. The van der Waals surface area contributed by atoms with Crippen molar-refractivity contribution in [2.45, 2.75) is 147 Å². The van der Waals surface area contributed by atoms with Crippen LogP contribution in [0.25, 0.3) is 10.8 Å². The minimum atomic E-state index is -1.47. The van der Waals surface area contributed by atoms with Gasteiger partial charge in [-0.05, 0) is 91.0 Å². The van der Waals surface area contributed by atoms with Crippen LogP contribution in [-0.4, -0.2) is 84.9 Å². The number of unbranched alkanes of at least 4 members (excludes halogenated alkanes) is 11. The number of nitrogens with one attached hydrogen (secondary N) is 1. The summed E-state index contributed by atoms with van der Waals surface area (Å²) in [5, 5.41) is 29.5. The summed E-state index contributed by atoms with van der Waals surface area (Å²) in [5.74, 6) is -1.28. The third-order valence-electron chi connectivity index (χ3n) is 13.9. The molecule has 3 aromatic rings. The number of rotatable bonds is 28. The normalized spacial score (nSPS) is 22.3. The van der Waals surface area contributed by atoms with Gasteiger partial charge in [0.2, 0.25) is 5.79 Å². The largest absolute Gasteiger partial charge is 0.459 e. The van der Waals surface area contributed by atoms with E-state index in [1.807, 2.05) is 37.3 Å². The highest BCUT2D eigenvalue weighted by molar-refractivity contribution is 6.03. The maximum atomic E-state index is 15.1. The van der Waals surface area contributed by atoms with Crippen LogP contribution in [0.15, 0.2) is 90.1 Å². The van der Waals surface area contributed by atoms with E-state index in [1.54, 1.807) is 24.2 Å². The molecular weight excluding hydrogens is 847 g/mol. The average molecular weight is 924 g/mol. The summed E-state index contributed by atoms with van der Waals surface area (Å²) < 4.78 is 26.7. The average Bonchev–Trinajstić information content (AvgIpc) is 3.33. The van der Waals surface area contributed by atoms with Gasteiger partial charge < -0.3 is 39.3 Å². The first-order chi connectivity index (χ1) is 32.8. The summed E-state index contributed by atoms with van der Waals surface area (Å²) in [6, 6.07) is 19.1. The van der Waals surface area contributed by atoms with Crippen molar-refractivity contribution in [2.75, 3.05) is 40.1 Å². The van der Waals surface area contributed by atoms with Crippen LogP contribution in [0.5, 0.6) is 11.5 Å². The van der Waals surface area contributed by atoms with E-state index in [1.165, 1.54) is 44.9 Å². The molecule has 1 fully saturated rings. The van der Waals surface area contributed by atoms with Crippen molar-refractivity contribution >= 4 is 28.7 Å². The number of oxime groups is 1. The Kier molecular flexibility index (Phi) is 20.4. The smallest absolute Gasteiger partial charge is 0.412 e. The van der Waals surface area contributed by atoms with Crippen LogP contribution >= 0.6 is 0 Å². The Morgan fingerprint density at radius 2 is 1.61 bits per heavy atom. The van der Waals surface area contributed by atoms with Gasteiger partial charge in [0.1, 0.15) is 24.7 Å². The number of aliphatic hydroxyl groups is 2. The van der Waals surface area contributed by atoms with Crippen molar-refractivity contribution in [1.29, 1.82) is 0 Å². The molecule has 2 amide bonds. The van der Waals surface area contributed by atoms with Crippen molar-refractivity contribution in [2.24, 2.45) is 22.9 Å². The van der Waals surface area contributed by atoms with Crippen LogP contribution in [0.1, 0.15) is 140 Å². The number of carbonyl (C=O) groups excluding carboxylic acids is 2. The molecule has 12 heteroatoms. The van der Waals surface area contributed by atoms with Crippen LogP contribution in [-0.2, 0) is 20.9 Å². The second-order valence-corrected chi connectivity index (χ2v) is 18.4. The molecule has 12 nitrogen and oxygen atoms in total. The van der Waals surface area contributed by atoms with E-state index in [0.717, 1.165) is 72.4 Å². The SMILES string of the molecule is C=CCO[C@@]12Oc3ccc(OC(=O)NCC)cc3[C@H]3[C@H](CCCCO)[C@@H](CCCCO)C=C(C(=NOC)C[C@@H]1N(Cc1cccc4ccccc14)C(=O)OCCCCCCCCCCCC)[C@H]32. The second kappa shape index (κ2) is 26.6. The van der Waals surface area contributed by atoms with Gasteiger partial charge in [-0.1, -0.05) is 137 Å².